The molecule has 0 radical (unpaired) electrons. The number of methoxy groups -OCH3 is 1. The summed E-state index contributed by atoms with van der Waals surface area (Å²) in [5.74, 6) is -13.3. The first-order valence-electron chi connectivity index (χ1n) is 31.1. The number of hydrogen-bond acceptors (Lipinski definition) is 22. The van der Waals surface area contributed by atoms with Crippen molar-refractivity contribution in [2.45, 2.75) is 197 Å². The molecule has 16 N–H and O–H groups in total. The number of hydrogen-bond donors (Lipinski definition) is 15. The normalized spacial score (nSPS) is 23.8. The number of phenols is 2. The Bertz CT molecular complexity index is 3230. The van der Waals surface area contributed by atoms with Crippen molar-refractivity contribution in [3.05, 3.63) is 51.6 Å². The fourth-order valence-corrected chi connectivity index (χ4v) is 12.8. The molecule has 0 spiro atoms. The summed E-state index contributed by atoms with van der Waals surface area (Å²) in [5.41, 5.74) is 0.631. The smallest absolute Gasteiger partial charge is 0.245 e. The number of aliphatic hydroxyl groups is 5. The number of phenolic OH excluding ortho intramolecular Hbond substituents is 2. The highest BCUT2D eigenvalue weighted by Gasteiger charge is 2.51. The summed E-state index contributed by atoms with van der Waals surface area (Å²) >= 11 is 0. The summed E-state index contributed by atoms with van der Waals surface area (Å²) < 4.78 is 17.7. The number of carbonyl (C=O) groups is 12. The number of nitrogens with zero attached hydrogens (tertiary/aromatic N) is 1. The quantitative estimate of drug-likeness (QED) is 0.0338. The summed E-state index contributed by atoms with van der Waals surface area (Å²) in [6.45, 7) is 4.62. The first kappa shape index (κ1) is 72.2. The van der Waals surface area contributed by atoms with Crippen molar-refractivity contribution in [1.29, 1.82) is 0 Å². The van der Waals surface area contributed by atoms with Crippen LogP contribution < -0.4 is 47.7 Å². The second-order valence-corrected chi connectivity index (χ2v) is 24.8. The van der Waals surface area contributed by atoms with Gasteiger partial charge in [0.05, 0.1) is 55.3 Å². The van der Waals surface area contributed by atoms with Gasteiger partial charge in [-0.2, -0.15) is 0 Å². The lowest BCUT2D eigenvalue weighted by atomic mass is 9.72. The molecule has 510 valence electrons. The van der Waals surface area contributed by atoms with E-state index in [0.717, 1.165) is 6.42 Å². The van der Waals surface area contributed by atoms with Crippen molar-refractivity contribution in [1.82, 2.24) is 42.1 Å². The van der Waals surface area contributed by atoms with Gasteiger partial charge in [0.25, 0.3) is 0 Å². The second kappa shape index (κ2) is 31.2. The zero-order valence-corrected chi connectivity index (χ0v) is 52.6. The fourth-order valence-electron chi connectivity index (χ4n) is 12.8. The van der Waals surface area contributed by atoms with Gasteiger partial charge in [0.2, 0.25) is 58.9 Å². The van der Waals surface area contributed by atoms with Gasteiger partial charge in [-0.15, -0.1) is 0 Å². The van der Waals surface area contributed by atoms with E-state index in [4.69, 9.17) is 19.9 Å². The molecular formula is C62H85N9O22. The Morgan fingerprint density at radius 3 is 1.98 bits per heavy atom. The lowest BCUT2D eigenvalue weighted by molar-refractivity contribution is -0.249. The van der Waals surface area contributed by atoms with E-state index in [0.29, 0.717) is 45.1 Å². The molecule has 5 aliphatic rings. The fraction of sp³-hybridized carbons (Fsp3) is 0.613. The van der Waals surface area contributed by atoms with Gasteiger partial charge >= 0.3 is 0 Å². The number of ether oxygens (including phenoxy) is 3. The predicted molar refractivity (Wildman–Crippen MR) is 322 cm³/mol. The average Bonchev–Trinajstić information content (AvgIpc) is 0.972. The van der Waals surface area contributed by atoms with Gasteiger partial charge in [-0.1, -0.05) is 45.2 Å². The lowest BCUT2D eigenvalue weighted by Gasteiger charge is -2.43. The Hall–Kier alpha value is -8.20. The van der Waals surface area contributed by atoms with E-state index in [1.165, 1.54) is 51.0 Å². The molecule has 13 atom stereocenters. The van der Waals surface area contributed by atoms with Gasteiger partial charge in [0.15, 0.2) is 17.9 Å². The largest absolute Gasteiger partial charge is 0.507 e. The highest BCUT2D eigenvalue weighted by molar-refractivity contribution is 6.31. The molecule has 2 heterocycles. The van der Waals surface area contributed by atoms with Crippen LogP contribution in [-0.4, -0.2) is 217 Å². The summed E-state index contributed by atoms with van der Waals surface area (Å²) in [5, 5.41) is 95.4. The first-order valence-corrected chi connectivity index (χ1v) is 31.1. The SMILES string of the molecule is COc1cccc2c1C(=O)c1c(O)c3c(c(O)c1C2=O)C[C@@](O)(C(=O)CO)C[C@@H]3O[C@H]1C[C@H](NC(=O)[C@H](CC(C)C)NC(=O)[C@H](CO)NC(=O)[C@H](CCC(N)=O)NC(=O)[C@@H](NC(=O)[C@H](CO)NC(=O)[C@H](C)NC(=O)[C@@H]2CCCN2C(C)=O)C2CCCCC2)[C@H](O)[C@H](C)O1. The van der Waals surface area contributed by atoms with E-state index < -0.39 is 224 Å². The Balaban J connectivity index is 1.04. The number of benzene rings is 2. The minimum absolute atomic E-state index is 0.0188. The third-order valence-corrected chi connectivity index (χ3v) is 17.8. The first-order chi connectivity index (χ1) is 44.0. The van der Waals surface area contributed by atoms with Gasteiger partial charge < -0.3 is 97.8 Å². The summed E-state index contributed by atoms with van der Waals surface area (Å²) in [6, 6.07) is -7.17. The zero-order chi connectivity index (χ0) is 68.5. The second-order valence-electron chi connectivity index (χ2n) is 24.8. The van der Waals surface area contributed by atoms with Crippen LogP contribution in [0.3, 0.4) is 0 Å². The number of amides is 9. The van der Waals surface area contributed by atoms with Crippen LogP contribution in [0.5, 0.6) is 17.2 Å². The summed E-state index contributed by atoms with van der Waals surface area (Å²) in [7, 11) is 1.26. The van der Waals surface area contributed by atoms with Crippen molar-refractivity contribution < 1.29 is 107 Å². The van der Waals surface area contributed by atoms with Crippen molar-refractivity contribution in [3.8, 4) is 17.2 Å². The van der Waals surface area contributed by atoms with Crippen LogP contribution in [-0.2, 0) is 63.8 Å². The minimum Gasteiger partial charge on any atom is -0.507 e. The Morgan fingerprint density at radius 1 is 0.753 bits per heavy atom. The number of fused-ring (bicyclic) bond motifs is 3. The maximum atomic E-state index is 14.4. The third kappa shape index (κ3) is 16.4. The number of aromatic hydroxyl groups is 2. The maximum Gasteiger partial charge on any atom is 0.245 e. The molecule has 31 heteroatoms. The molecule has 0 unspecified atom stereocenters. The molecule has 1 saturated carbocycles. The summed E-state index contributed by atoms with van der Waals surface area (Å²) in [4.78, 5) is 164. The number of primary amides is 1. The number of carbonyl (C=O) groups excluding carboxylic acids is 12. The van der Waals surface area contributed by atoms with Gasteiger partial charge in [-0.3, -0.25) is 57.5 Å². The molecule has 31 nitrogen and oxygen atoms in total. The van der Waals surface area contributed by atoms with Crippen LogP contribution in [0.15, 0.2) is 18.2 Å². The molecule has 2 saturated heterocycles. The molecule has 0 bridgehead atoms. The van der Waals surface area contributed by atoms with Crippen molar-refractivity contribution in [2.24, 2.45) is 17.6 Å². The highest BCUT2D eigenvalue weighted by atomic mass is 16.7. The van der Waals surface area contributed by atoms with Crippen molar-refractivity contribution in [3.63, 3.8) is 0 Å². The molecule has 9 amide bonds. The van der Waals surface area contributed by atoms with Crippen LogP contribution >= 0.6 is 0 Å². The van der Waals surface area contributed by atoms with Crippen LogP contribution in [0, 0.1) is 11.8 Å². The number of likely N-dealkylation sites (tertiary alicyclic amines) is 1. The standard InChI is InChI=1S/C62H85N9O22/c1-27(2)20-36(57(85)66-35-21-44(92-29(4)50(35)78)93-41-23-62(90,42(76)26-74)22-33-46(41)54(82)48-47(52(33)80)51(79)32-14-10-16-40(91-6)45(32)53(48)81)67-58(86)37(24-72)69-56(84)34(17-18-43(63)77)65-61(89)49(31-12-8-7-9-13-31)70-59(87)38(25-73)68-55(83)28(3)64-60(88)39-15-11-19-71(39)30(5)75/h10,14,16,27-29,31,34-39,41,44,49-50,72-74,78,80,82,90H,7-9,11-13,15,17-26H2,1-6H3,(H2,63,77)(H,64,88)(H,65,89)(H,66,85)(H,67,86)(H,68,83)(H,69,84)(H,70,87)/t28-,29-,34-,35-,36-,37-,38-,39-,41-,44-,49-,50+,62-/m0/s1. The van der Waals surface area contributed by atoms with E-state index >= 15 is 0 Å². The monoisotopic (exact) mass is 1310 g/mol. The molecule has 2 aromatic carbocycles. The molecule has 2 aliphatic heterocycles. The average molecular weight is 1310 g/mol. The van der Waals surface area contributed by atoms with E-state index in [9.17, 15) is 93.3 Å². The number of aliphatic hydroxyl groups excluding tert-OH is 4. The van der Waals surface area contributed by atoms with E-state index in [1.807, 2.05) is 0 Å². The number of rotatable bonds is 27. The maximum absolute atomic E-state index is 14.4. The molecular weight excluding hydrogens is 1220 g/mol. The van der Waals surface area contributed by atoms with Crippen LogP contribution in [0.25, 0.3) is 0 Å². The topological polar surface area (TPSA) is 488 Å². The van der Waals surface area contributed by atoms with E-state index in [2.05, 4.69) is 37.2 Å². The Kier molecular flexibility index (Phi) is 24.2. The Morgan fingerprint density at radius 2 is 1.37 bits per heavy atom. The van der Waals surface area contributed by atoms with Gasteiger partial charge in [-0.05, 0) is 70.3 Å². The molecule has 93 heavy (non-hydrogen) atoms. The number of Topliss-reactive ketones (excluding diaryl/α,β-unsaturated/α-hetero) is 1. The van der Waals surface area contributed by atoms with Gasteiger partial charge in [-0.25, -0.2) is 0 Å². The molecule has 3 fully saturated rings. The zero-order valence-electron chi connectivity index (χ0n) is 52.6. The lowest BCUT2D eigenvalue weighted by Crippen LogP contribution is -2.62. The number of ketones is 3. The van der Waals surface area contributed by atoms with E-state index in [-0.39, 0.29) is 46.2 Å². The summed E-state index contributed by atoms with van der Waals surface area (Å²) in [6.07, 6.45) is -4.85. The van der Waals surface area contributed by atoms with Gasteiger partial charge in [0, 0.05) is 55.8 Å². The van der Waals surface area contributed by atoms with Crippen LogP contribution in [0.4, 0.5) is 0 Å². The molecule has 2 aromatic rings. The predicted octanol–water partition coefficient (Wildman–Crippen LogP) is -3.03. The molecule has 7 rings (SSSR count). The van der Waals surface area contributed by atoms with Crippen LogP contribution in [0.2, 0.25) is 0 Å². The third-order valence-electron chi connectivity index (χ3n) is 17.8. The minimum atomic E-state index is -2.50. The van der Waals surface area contributed by atoms with Crippen molar-refractivity contribution >= 4 is 70.5 Å². The van der Waals surface area contributed by atoms with Crippen molar-refractivity contribution in [2.75, 3.05) is 33.5 Å². The van der Waals surface area contributed by atoms with Gasteiger partial charge in [0.1, 0.15) is 77.9 Å². The number of nitrogens with one attached hydrogen (secondary N) is 7. The van der Waals surface area contributed by atoms with E-state index in [1.54, 1.807) is 13.8 Å². The molecule has 0 aromatic heterocycles. The number of nitrogens with two attached hydrogens (primary N) is 1. The Labute approximate surface area is 534 Å². The molecule has 3 aliphatic carbocycles. The highest BCUT2D eigenvalue weighted by Crippen LogP contribution is 2.52. The van der Waals surface area contributed by atoms with Crippen LogP contribution in [0.1, 0.15) is 161 Å².